The summed E-state index contributed by atoms with van der Waals surface area (Å²) in [6.45, 7) is 0. The Labute approximate surface area is 120 Å². The van der Waals surface area contributed by atoms with Gasteiger partial charge in [-0.05, 0) is 46.5 Å². The third-order valence-corrected chi connectivity index (χ3v) is 4.15. The summed E-state index contributed by atoms with van der Waals surface area (Å²) in [5.74, 6) is 0.0485. The van der Waals surface area contributed by atoms with E-state index in [0.29, 0.717) is 4.60 Å². The summed E-state index contributed by atoms with van der Waals surface area (Å²) in [5, 5.41) is 2.96. The third kappa shape index (κ3) is 2.28. The van der Waals surface area contributed by atoms with Crippen LogP contribution in [0.4, 0.5) is 5.69 Å². The number of halogens is 1. The molecule has 0 radical (unpaired) electrons. The average molecular weight is 317 g/mol. The molecule has 96 valence electrons. The van der Waals surface area contributed by atoms with Crippen molar-refractivity contribution < 1.29 is 4.79 Å². The molecule has 1 amide bonds. The van der Waals surface area contributed by atoms with Crippen molar-refractivity contribution in [1.29, 1.82) is 0 Å². The minimum Gasteiger partial charge on any atom is -0.323 e. The predicted molar refractivity (Wildman–Crippen MR) is 77.9 cm³/mol. The van der Waals surface area contributed by atoms with Gasteiger partial charge in [-0.3, -0.25) is 4.79 Å². The fourth-order valence-electron chi connectivity index (χ4n) is 2.25. The Balaban J connectivity index is 1.84. The van der Waals surface area contributed by atoms with Gasteiger partial charge in [0.25, 0.3) is 0 Å². The van der Waals surface area contributed by atoms with Crippen molar-refractivity contribution in [3.8, 4) is 0 Å². The monoisotopic (exact) mass is 316 g/mol. The molecule has 3 nitrogen and oxygen atoms in total. The second-order valence-corrected chi connectivity index (χ2v) is 5.50. The van der Waals surface area contributed by atoms with Crippen molar-refractivity contribution in [3.05, 3.63) is 58.8 Å². The van der Waals surface area contributed by atoms with Crippen molar-refractivity contribution >= 4 is 27.5 Å². The summed E-state index contributed by atoms with van der Waals surface area (Å²) < 4.78 is 0.659. The van der Waals surface area contributed by atoms with Crippen LogP contribution in [-0.4, -0.2) is 10.9 Å². The van der Waals surface area contributed by atoms with Crippen LogP contribution >= 0.6 is 15.9 Å². The fraction of sp³-hybridized carbons (Fsp3) is 0.200. The maximum atomic E-state index is 12.5. The van der Waals surface area contributed by atoms with Gasteiger partial charge in [0, 0.05) is 6.20 Å². The maximum Gasteiger partial charge on any atom is 0.235 e. The normalized spacial score (nSPS) is 15.8. The summed E-state index contributed by atoms with van der Waals surface area (Å²) in [6, 6.07) is 13.6. The number of carbonyl (C=O) groups is 1. The van der Waals surface area contributed by atoms with Crippen LogP contribution in [-0.2, 0) is 10.2 Å². The molecule has 0 unspecified atom stereocenters. The number of nitrogens with zero attached hydrogens (tertiary/aromatic N) is 1. The zero-order valence-corrected chi connectivity index (χ0v) is 11.9. The number of amides is 1. The van der Waals surface area contributed by atoms with Gasteiger partial charge in [-0.25, -0.2) is 4.98 Å². The number of rotatable bonds is 3. The molecule has 4 heteroatoms. The molecule has 1 fully saturated rings. The summed E-state index contributed by atoms with van der Waals surface area (Å²) in [7, 11) is 0. The van der Waals surface area contributed by atoms with E-state index in [1.54, 1.807) is 6.20 Å². The summed E-state index contributed by atoms with van der Waals surface area (Å²) in [6.07, 6.45) is 3.49. The number of pyridine rings is 1. The molecule has 0 spiro atoms. The molecule has 1 saturated carbocycles. The van der Waals surface area contributed by atoms with Gasteiger partial charge in [0.15, 0.2) is 0 Å². The van der Waals surface area contributed by atoms with Gasteiger partial charge in [-0.15, -0.1) is 0 Å². The molecule has 0 atom stereocenters. The van der Waals surface area contributed by atoms with E-state index in [1.165, 1.54) is 0 Å². The van der Waals surface area contributed by atoms with Crippen molar-refractivity contribution in [3.63, 3.8) is 0 Å². The highest BCUT2D eigenvalue weighted by atomic mass is 79.9. The lowest BCUT2D eigenvalue weighted by atomic mass is 9.95. The molecule has 1 heterocycles. The molecular weight excluding hydrogens is 304 g/mol. The first-order chi connectivity index (χ1) is 9.22. The molecular formula is C15H13BrN2O. The van der Waals surface area contributed by atoms with Crippen LogP contribution in [0.3, 0.4) is 0 Å². The van der Waals surface area contributed by atoms with Crippen LogP contribution in [0.5, 0.6) is 0 Å². The first-order valence-corrected chi connectivity index (χ1v) is 6.99. The van der Waals surface area contributed by atoms with Crippen LogP contribution < -0.4 is 5.32 Å². The van der Waals surface area contributed by atoms with E-state index < -0.39 is 0 Å². The predicted octanol–water partition coefficient (Wildman–Crippen LogP) is 3.51. The smallest absolute Gasteiger partial charge is 0.235 e. The lowest BCUT2D eigenvalue weighted by Gasteiger charge is -2.16. The highest BCUT2D eigenvalue weighted by Gasteiger charge is 2.51. The third-order valence-electron chi connectivity index (χ3n) is 3.52. The number of carbonyl (C=O) groups excluding carboxylic acids is 1. The zero-order chi connectivity index (χ0) is 13.3. The van der Waals surface area contributed by atoms with E-state index in [0.717, 1.165) is 24.1 Å². The number of hydrogen-bond donors (Lipinski definition) is 1. The van der Waals surface area contributed by atoms with Crippen molar-refractivity contribution in [2.75, 3.05) is 5.32 Å². The molecule has 2 aromatic rings. The first-order valence-electron chi connectivity index (χ1n) is 6.20. The Bertz CT molecular complexity index is 609. The standard InChI is InChI=1S/C15H13BrN2O/c16-13-12(7-4-10-17-13)18-14(19)15(8-9-15)11-5-2-1-3-6-11/h1-7,10H,8-9H2,(H,18,19). The van der Waals surface area contributed by atoms with Gasteiger partial charge in [0.2, 0.25) is 5.91 Å². The van der Waals surface area contributed by atoms with Gasteiger partial charge in [0.1, 0.15) is 4.60 Å². The van der Waals surface area contributed by atoms with Crippen LogP contribution in [0.2, 0.25) is 0 Å². The SMILES string of the molecule is O=C(Nc1cccnc1Br)C1(c2ccccc2)CC1. The lowest BCUT2D eigenvalue weighted by Crippen LogP contribution is -2.27. The van der Waals surface area contributed by atoms with Crippen LogP contribution in [0.25, 0.3) is 0 Å². The highest BCUT2D eigenvalue weighted by molar-refractivity contribution is 9.10. The number of benzene rings is 1. The van der Waals surface area contributed by atoms with E-state index in [9.17, 15) is 4.79 Å². The number of nitrogens with one attached hydrogen (secondary N) is 1. The molecule has 1 aliphatic carbocycles. The molecule has 0 bridgehead atoms. The summed E-state index contributed by atoms with van der Waals surface area (Å²) in [5.41, 5.74) is 1.46. The average Bonchev–Trinajstić information content (AvgIpc) is 3.24. The Morgan fingerprint density at radius 1 is 1.16 bits per heavy atom. The Hall–Kier alpha value is -1.68. The summed E-state index contributed by atoms with van der Waals surface area (Å²) >= 11 is 3.34. The van der Waals surface area contributed by atoms with Crippen molar-refractivity contribution in [1.82, 2.24) is 4.98 Å². The van der Waals surface area contributed by atoms with E-state index in [4.69, 9.17) is 0 Å². The van der Waals surface area contributed by atoms with Crippen molar-refractivity contribution in [2.45, 2.75) is 18.3 Å². The van der Waals surface area contributed by atoms with Gasteiger partial charge in [-0.1, -0.05) is 30.3 Å². The number of aromatic nitrogens is 1. The van der Waals surface area contributed by atoms with Gasteiger partial charge in [-0.2, -0.15) is 0 Å². The second kappa shape index (κ2) is 4.78. The molecule has 3 rings (SSSR count). The Kier molecular flexibility index (Phi) is 3.11. The Morgan fingerprint density at radius 3 is 2.53 bits per heavy atom. The minimum atomic E-state index is -0.351. The van der Waals surface area contributed by atoms with Crippen molar-refractivity contribution in [2.24, 2.45) is 0 Å². The minimum absolute atomic E-state index is 0.0485. The molecule has 1 N–H and O–H groups in total. The number of anilines is 1. The van der Waals surface area contributed by atoms with E-state index >= 15 is 0 Å². The second-order valence-electron chi connectivity index (χ2n) is 4.74. The van der Waals surface area contributed by atoms with Gasteiger partial charge in [0.05, 0.1) is 11.1 Å². The maximum absolute atomic E-state index is 12.5. The largest absolute Gasteiger partial charge is 0.323 e. The summed E-state index contributed by atoms with van der Waals surface area (Å²) in [4.78, 5) is 16.6. The fourth-order valence-corrected chi connectivity index (χ4v) is 2.60. The van der Waals surface area contributed by atoms with E-state index in [-0.39, 0.29) is 11.3 Å². The van der Waals surface area contributed by atoms with Crippen LogP contribution in [0.15, 0.2) is 53.3 Å². The molecule has 1 aliphatic rings. The molecule has 1 aromatic carbocycles. The number of hydrogen-bond acceptors (Lipinski definition) is 2. The topological polar surface area (TPSA) is 42.0 Å². The van der Waals surface area contributed by atoms with E-state index in [1.807, 2.05) is 42.5 Å². The lowest BCUT2D eigenvalue weighted by molar-refractivity contribution is -0.118. The zero-order valence-electron chi connectivity index (χ0n) is 10.3. The molecule has 0 saturated heterocycles. The molecule has 0 aliphatic heterocycles. The van der Waals surface area contributed by atoms with Gasteiger partial charge >= 0.3 is 0 Å². The molecule has 19 heavy (non-hydrogen) atoms. The van der Waals surface area contributed by atoms with Crippen LogP contribution in [0, 0.1) is 0 Å². The molecule has 1 aromatic heterocycles. The first kappa shape index (κ1) is 12.4. The Morgan fingerprint density at radius 2 is 1.89 bits per heavy atom. The quantitative estimate of drug-likeness (QED) is 0.880. The van der Waals surface area contributed by atoms with Crippen LogP contribution in [0.1, 0.15) is 18.4 Å². The highest BCUT2D eigenvalue weighted by Crippen LogP contribution is 2.49. The van der Waals surface area contributed by atoms with Gasteiger partial charge < -0.3 is 5.32 Å². The van der Waals surface area contributed by atoms with E-state index in [2.05, 4.69) is 26.2 Å².